The van der Waals surface area contributed by atoms with E-state index in [0.717, 1.165) is 6.42 Å². The third-order valence-electron chi connectivity index (χ3n) is 3.84. The molecule has 0 aliphatic heterocycles. The van der Waals surface area contributed by atoms with Gasteiger partial charge in [0, 0.05) is 20.6 Å². The molecule has 0 amide bonds. The molecule has 0 saturated heterocycles. The maximum atomic E-state index is 12.5. The summed E-state index contributed by atoms with van der Waals surface area (Å²) in [6.07, 6.45) is 1.77. The molecule has 0 aliphatic carbocycles. The largest absolute Gasteiger partial charge is 0.393 e. The normalized spacial score (nSPS) is 13.0. The van der Waals surface area contributed by atoms with Crippen molar-refractivity contribution < 1.29 is 5.11 Å². The summed E-state index contributed by atoms with van der Waals surface area (Å²) in [6.45, 7) is 3.89. The van der Waals surface area contributed by atoms with Crippen LogP contribution in [-0.2, 0) is 20.6 Å². The lowest BCUT2D eigenvalue weighted by Crippen LogP contribution is -2.39. The van der Waals surface area contributed by atoms with Gasteiger partial charge in [-0.15, -0.1) is 0 Å². The van der Waals surface area contributed by atoms with Crippen LogP contribution in [-0.4, -0.2) is 29.9 Å². The Morgan fingerprint density at radius 1 is 1.19 bits per heavy atom. The first-order valence-electron chi connectivity index (χ1n) is 7.15. The minimum atomic E-state index is -0.355. The number of hydrogen-bond donors (Lipinski definition) is 1. The summed E-state index contributed by atoms with van der Waals surface area (Å²) in [4.78, 5) is 29.1. The average molecular weight is 294 g/mol. The van der Waals surface area contributed by atoms with Gasteiger partial charge in [-0.3, -0.25) is 13.9 Å². The van der Waals surface area contributed by atoms with Crippen molar-refractivity contribution in [3.8, 4) is 0 Å². The molecule has 1 atom stereocenters. The van der Waals surface area contributed by atoms with Crippen LogP contribution in [0.25, 0.3) is 11.2 Å². The maximum absolute atomic E-state index is 12.5. The van der Waals surface area contributed by atoms with E-state index in [2.05, 4.69) is 4.98 Å². The molecular formula is C14H22N4O3. The second-order valence-electron chi connectivity index (χ2n) is 5.53. The zero-order valence-electron chi connectivity index (χ0n) is 13.0. The number of hydrogen-bond acceptors (Lipinski definition) is 4. The van der Waals surface area contributed by atoms with E-state index in [1.165, 1.54) is 9.13 Å². The van der Waals surface area contributed by atoms with Crippen molar-refractivity contribution in [2.75, 3.05) is 0 Å². The molecule has 0 aliphatic rings. The minimum absolute atomic E-state index is 0.298. The lowest BCUT2D eigenvalue weighted by atomic mass is 10.2. The highest BCUT2D eigenvalue weighted by atomic mass is 16.3. The van der Waals surface area contributed by atoms with Crippen LogP contribution in [0.3, 0.4) is 0 Å². The van der Waals surface area contributed by atoms with Crippen molar-refractivity contribution in [1.82, 2.24) is 18.7 Å². The van der Waals surface area contributed by atoms with Crippen molar-refractivity contribution in [1.29, 1.82) is 0 Å². The molecule has 2 rings (SSSR count). The van der Waals surface area contributed by atoms with Gasteiger partial charge in [-0.05, 0) is 33.1 Å². The molecule has 116 valence electrons. The summed E-state index contributed by atoms with van der Waals surface area (Å²) in [5, 5.41) is 9.24. The molecule has 0 fully saturated rings. The fourth-order valence-corrected chi connectivity index (χ4v) is 2.46. The fourth-order valence-electron chi connectivity index (χ4n) is 2.46. The van der Waals surface area contributed by atoms with Crippen LogP contribution in [0.2, 0.25) is 0 Å². The van der Waals surface area contributed by atoms with Crippen molar-refractivity contribution in [3.63, 3.8) is 0 Å². The summed E-state index contributed by atoms with van der Waals surface area (Å²) in [5.74, 6) is 0.698. The van der Waals surface area contributed by atoms with Gasteiger partial charge in [0.25, 0.3) is 5.56 Å². The smallest absolute Gasteiger partial charge is 0.332 e. The fraction of sp³-hybridized carbons (Fsp3) is 0.643. The topological polar surface area (TPSA) is 82.1 Å². The molecule has 7 nitrogen and oxygen atoms in total. The van der Waals surface area contributed by atoms with Crippen molar-refractivity contribution in [3.05, 3.63) is 26.7 Å². The Bertz CT molecular complexity index is 767. The maximum Gasteiger partial charge on any atom is 0.332 e. The molecule has 1 N–H and O–H groups in total. The molecule has 2 aromatic rings. The summed E-state index contributed by atoms with van der Waals surface area (Å²) in [7, 11) is 3.40. The first-order chi connectivity index (χ1) is 9.84. The Labute approximate surface area is 122 Å². The molecule has 0 saturated carbocycles. The number of unbranched alkanes of at least 4 members (excludes halogenated alkanes) is 1. The molecule has 0 bridgehead atoms. The van der Waals surface area contributed by atoms with Crippen LogP contribution in [0, 0.1) is 6.92 Å². The lowest BCUT2D eigenvalue weighted by Gasteiger charge is -2.09. The third kappa shape index (κ3) is 2.78. The predicted octanol–water partition coefficient (Wildman–Crippen LogP) is 0.293. The van der Waals surface area contributed by atoms with Crippen LogP contribution in [0.4, 0.5) is 0 Å². The third-order valence-corrected chi connectivity index (χ3v) is 3.84. The summed E-state index contributed by atoms with van der Waals surface area (Å²) < 4.78 is 4.38. The van der Waals surface area contributed by atoms with Gasteiger partial charge < -0.3 is 9.67 Å². The number of aryl methyl sites for hydroxylation is 3. The summed E-state index contributed by atoms with van der Waals surface area (Å²) >= 11 is 0. The molecule has 2 heterocycles. The van der Waals surface area contributed by atoms with E-state index in [1.807, 2.05) is 0 Å². The average Bonchev–Trinajstić information content (AvgIpc) is 2.71. The van der Waals surface area contributed by atoms with Gasteiger partial charge in [-0.25, -0.2) is 9.78 Å². The molecule has 7 heteroatoms. The zero-order chi connectivity index (χ0) is 15.7. The quantitative estimate of drug-likeness (QED) is 0.804. The van der Waals surface area contributed by atoms with E-state index < -0.39 is 0 Å². The van der Waals surface area contributed by atoms with Crippen LogP contribution in [0.1, 0.15) is 32.0 Å². The van der Waals surface area contributed by atoms with Gasteiger partial charge in [0.2, 0.25) is 0 Å². The standard InChI is InChI=1S/C14H22N4O3/c1-9(19)7-5-6-8-18-13(20)11-12(17(4)14(18)21)15-10(2)16(11)3/h9,19H,5-8H2,1-4H3/t9-/m0/s1. The molecule has 0 unspecified atom stereocenters. The van der Waals surface area contributed by atoms with Crippen molar-refractivity contribution in [2.24, 2.45) is 14.1 Å². The first-order valence-corrected chi connectivity index (χ1v) is 7.15. The van der Waals surface area contributed by atoms with Crippen LogP contribution in [0.5, 0.6) is 0 Å². The number of fused-ring (bicyclic) bond motifs is 1. The Kier molecular flexibility index (Phi) is 4.32. The molecule has 0 aromatic carbocycles. The minimum Gasteiger partial charge on any atom is -0.393 e. The van der Waals surface area contributed by atoms with Gasteiger partial charge >= 0.3 is 5.69 Å². The highest BCUT2D eigenvalue weighted by Crippen LogP contribution is 2.08. The predicted molar refractivity (Wildman–Crippen MR) is 80.5 cm³/mol. The van der Waals surface area contributed by atoms with E-state index in [1.54, 1.807) is 32.5 Å². The molecule has 21 heavy (non-hydrogen) atoms. The molecular weight excluding hydrogens is 272 g/mol. The Morgan fingerprint density at radius 3 is 2.48 bits per heavy atom. The van der Waals surface area contributed by atoms with E-state index in [9.17, 15) is 14.7 Å². The van der Waals surface area contributed by atoms with Crippen molar-refractivity contribution in [2.45, 2.75) is 45.8 Å². The highest BCUT2D eigenvalue weighted by Gasteiger charge is 2.16. The molecule has 0 spiro atoms. The Morgan fingerprint density at radius 2 is 1.86 bits per heavy atom. The SMILES string of the molecule is Cc1nc2c(c(=O)n(CCCC[C@H](C)O)c(=O)n2C)n1C. The number of aromatic nitrogens is 4. The van der Waals surface area contributed by atoms with Crippen LogP contribution >= 0.6 is 0 Å². The van der Waals surface area contributed by atoms with Gasteiger partial charge in [0.1, 0.15) is 5.82 Å². The Hall–Kier alpha value is -1.89. The number of rotatable bonds is 5. The van der Waals surface area contributed by atoms with Crippen LogP contribution in [0.15, 0.2) is 9.59 Å². The van der Waals surface area contributed by atoms with E-state index in [4.69, 9.17) is 0 Å². The second kappa shape index (κ2) is 5.85. The number of nitrogens with zero attached hydrogens (tertiary/aromatic N) is 4. The van der Waals surface area contributed by atoms with E-state index in [-0.39, 0.29) is 17.4 Å². The molecule has 2 aromatic heterocycles. The van der Waals surface area contributed by atoms with Gasteiger partial charge in [0.15, 0.2) is 11.2 Å². The molecule has 0 radical (unpaired) electrons. The van der Waals surface area contributed by atoms with Crippen LogP contribution < -0.4 is 11.2 Å². The van der Waals surface area contributed by atoms with Crippen molar-refractivity contribution >= 4 is 11.2 Å². The van der Waals surface area contributed by atoms with Gasteiger partial charge in [-0.2, -0.15) is 0 Å². The number of aliphatic hydroxyl groups excluding tert-OH is 1. The lowest BCUT2D eigenvalue weighted by molar-refractivity contribution is 0.180. The monoisotopic (exact) mass is 294 g/mol. The van der Waals surface area contributed by atoms with Gasteiger partial charge in [-0.1, -0.05) is 0 Å². The number of aliphatic hydroxyl groups is 1. The summed E-state index contributed by atoms with van der Waals surface area (Å²) in [6, 6.07) is 0. The zero-order valence-corrected chi connectivity index (χ0v) is 13.0. The first kappa shape index (κ1) is 15.5. The summed E-state index contributed by atoms with van der Waals surface area (Å²) in [5.41, 5.74) is 0.228. The highest BCUT2D eigenvalue weighted by molar-refractivity contribution is 5.70. The number of imidazole rings is 1. The van der Waals surface area contributed by atoms with E-state index >= 15 is 0 Å². The Balaban J connectivity index is 2.43. The van der Waals surface area contributed by atoms with E-state index in [0.29, 0.717) is 36.4 Å². The second-order valence-corrected chi connectivity index (χ2v) is 5.53. The van der Waals surface area contributed by atoms with Gasteiger partial charge in [0.05, 0.1) is 6.10 Å².